The van der Waals surface area contributed by atoms with E-state index in [1.165, 1.54) is 0 Å². The molecule has 30 heavy (non-hydrogen) atoms. The van der Waals surface area contributed by atoms with Gasteiger partial charge in [-0.1, -0.05) is 0 Å². The fourth-order valence-corrected chi connectivity index (χ4v) is 3.88. The molecule has 2 aromatic heterocycles. The van der Waals surface area contributed by atoms with Crippen LogP contribution in [-0.4, -0.2) is 51.8 Å². The van der Waals surface area contributed by atoms with Gasteiger partial charge in [0.1, 0.15) is 11.6 Å². The molecule has 1 amide bonds. The van der Waals surface area contributed by atoms with Crippen LogP contribution in [0.4, 0.5) is 11.6 Å². The van der Waals surface area contributed by atoms with Crippen LogP contribution in [0.5, 0.6) is 0 Å². The average Bonchev–Trinajstić information content (AvgIpc) is 2.74. The van der Waals surface area contributed by atoms with Gasteiger partial charge in [0, 0.05) is 31.5 Å². The van der Waals surface area contributed by atoms with Gasteiger partial charge in [-0.3, -0.25) is 14.7 Å². The Hall–Kier alpha value is -2.58. The summed E-state index contributed by atoms with van der Waals surface area (Å²) in [6, 6.07) is 3.31. The van der Waals surface area contributed by atoms with Crippen LogP contribution >= 0.6 is 0 Å². The Kier molecular flexibility index (Phi) is 5.71. The Morgan fingerprint density at radius 3 is 2.67 bits per heavy atom. The van der Waals surface area contributed by atoms with Crippen LogP contribution < -0.4 is 10.2 Å². The molecule has 8 nitrogen and oxygen atoms in total. The van der Waals surface area contributed by atoms with Gasteiger partial charge in [-0.15, -0.1) is 0 Å². The van der Waals surface area contributed by atoms with Crippen LogP contribution in [0.15, 0.2) is 24.5 Å². The number of nitrogens with zero attached hydrogens (tertiary/aromatic N) is 4. The maximum atomic E-state index is 12.9. The zero-order valence-corrected chi connectivity index (χ0v) is 17.8. The Balaban J connectivity index is 1.59. The minimum atomic E-state index is -1.01. The molecule has 0 aliphatic carbocycles. The average molecular weight is 412 g/mol. The molecule has 2 N–H and O–H groups in total. The topological polar surface area (TPSA) is 100 Å². The number of ether oxygens (including phenoxy) is 1. The highest BCUT2D eigenvalue weighted by Crippen LogP contribution is 2.32. The van der Waals surface area contributed by atoms with Crippen LogP contribution in [0.3, 0.4) is 0 Å². The maximum Gasteiger partial charge on any atom is 0.250 e. The van der Waals surface area contributed by atoms with Crippen molar-refractivity contribution >= 4 is 17.5 Å². The lowest BCUT2D eigenvalue weighted by Gasteiger charge is -2.33. The van der Waals surface area contributed by atoms with Gasteiger partial charge in [0.15, 0.2) is 11.6 Å². The van der Waals surface area contributed by atoms with E-state index in [1.807, 2.05) is 13.0 Å². The van der Waals surface area contributed by atoms with Crippen molar-refractivity contribution in [1.29, 1.82) is 0 Å². The van der Waals surface area contributed by atoms with E-state index in [-0.39, 0.29) is 11.9 Å². The lowest BCUT2D eigenvalue weighted by Crippen LogP contribution is -2.47. The molecule has 1 saturated heterocycles. The predicted molar refractivity (Wildman–Crippen MR) is 114 cm³/mol. The Labute approximate surface area is 176 Å². The first-order valence-electron chi connectivity index (χ1n) is 10.5. The number of nitrogens with one attached hydrogen (secondary N) is 1. The summed E-state index contributed by atoms with van der Waals surface area (Å²) in [6.45, 7) is 7.46. The van der Waals surface area contributed by atoms with E-state index in [0.717, 1.165) is 38.0 Å². The van der Waals surface area contributed by atoms with Crippen LogP contribution in [-0.2, 0) is 15.1 Å². The first kappa shape index (κ1) is 20.7. The van der Waals surface area contributed by atoms with Crippen LogP contribution in [0.25, 0.3) is 11.3 Å². The number of carbonyl (C=O) groups excluding carboxylic acids is 1. The van der Waals surface area contributed by atoms with E-state index in [2.05, 4.69) is 15.3 Å². The van der Waals surface area contributed by atoms with E-state index >= 15 is 0 Å². The SMILES string of the molecule is C[C@H]1Nc2ncc(-c3ccc(C(C)(C)O)nc3)nc2N(CCC2CCOCC2)C1=O. The highest BCUT2D eigenvalue weighted by molar-refractivity contribution is 6.03. The summed E-state index contributed by atoms with van der Waals surface area (Å²) in [5, 5.41) is 13.3. The molecule has 0 spiro atoms. The summed E-state index contributed by atoms with van der Waals surface area (Å²) in [5.74, 6) is 1.76. The zero-order chi connectivity index (χ0) is 21.3. The molecule has 1 fully saturated rings. The number of amides is 1. The smallest absolute Gasteiger partial charge is 0.250 e. The van der Waals surface area contributed by atoms with Gasteiger partial charge in [0.2, 0.25) is 5.91 Å². The molecule has 0 unspecified atom stereocenters. The van der Waals surface area contributed by atoms with Gasteiger partial charge in [0.25, 0.3) is 0 Å². The van der Waals surface area contributed by atoms with E-state index in [0.29, 0.717) is 35.5 Å². The fourth-order valence-electron chi connectivity index (χ4n) is 3.88. The number of hydrogen-bond acceptors (Lipinski definition) is 7. The molecule has 8 heteroatoms. The summed E-state index contributed by atoms with van der Waals surface area (Å²) in [5.41, 5.74) is 1.01. The number of aliphatic hydroxyl groups is 1. The minimum absolute atomic E-state index is 0.0107. The standard InChI is InChI=1S/C22H29N5O3/c1-14-21(28)27(9-6-15-7-10-30-11-8-15)20-19(25-14)24-13-17(26-20)16-4-5-18(23-12-16)22(2,3)29/h4-5,12-15,29H,6-11H2,1-3H3,(H,24,25)/t14-/m1/s1. The Morgan fingerprint density at radius 2 is 2.00 bits per heavy atom. The molecule has 0 radical (unpaired) electrons. The second kappa shape index (κ2) is 8.28. The fraction of sp³-hybridized carbons (Fsp3) is 0.545. The van der Waals surface area contributed by atoms with E-state index in [9.17, 15) is 9.90 Å². The summed E-state index contributed by atoms with van der Waals surface area (Å²) < 4.78 is 5.45. The van der Waals surface area contributed by atoms with Gasteiger partial charge in [0.05, 0.1) is 17.6 Å². The zero-order valence-electron chi connectivity index (χ0n) is 17.8. The number of pyridine rings is 1. The van der Waals surface area contributed by atoms with E-state index in [1.54, 1.807) is 37.2 Å². The Bertz CT molecular complexity index is 904. The van der Waals surface area contributed by atoms with Crippen LogP contribution in [0.2, 0.25) is 0 Å². The van der Waals surface area contributed by atoms with Crippen molar-refractivity contribution in [3.05, 3.63) is 30.2 Å². The molecular formula is C22H29N5O3. The second-order valence-corrected chi connectivity index (χ2v) is 8.62. The summed E-state index contributed by atoms with van der Waals surface area (Å²) in [7, 11) is 0. The van der Waals surface area contributed by atoms with Gasteiger partial charge >= 0.3 is 0 Å². The third-order valence-electron chi connectivity index (χ3n) is 5.79. The van der Waals surface area contributed by atoms with Crippen molar-refractivity contribution in [1.82, 2.24) is 15.0 Å². The number of anilines is 2. The molecule has 160 valence electrons. The molecule has 2 aliphatic rings. The molecule has 4 rings (SSSR count). The molecule has 1 atom stereocenters. The monoisotopic (exact) mass is 411 g/mol. The van der Waals surface area contributed by atoms with Crippen molar-refractivity contribution in [2.75, 3.05) is 30.0 Å². The summed E-state index contributed by atoms with van der Waals surface area (Å²) >= 11 is 0. The van der Waals surface area contributed by atoms with Gasteiger partial charge < -0.3 is 15.2 Å². The highest BCUT2D eigenvalue weighted by Gasteiger charge is 2.32. The molecule has 0 aromatic carbocycles. The first-order chi connectivity index (χ1) is 14.3. The van der Waals surface area contributed by atoms with Gasteiger partial charge in [-0.05, 0) is 58.1 Å². The molecule has 4 heterocycles. The lowest BCUT2D eigenvalue weighted by atomic mass is 9.96. The number of aromatic nitrogens is 3. The molecule has 2 aliphatic heterocycles. The van der Waals surface area contributed by atoms with Gasteiger partial charge in [-0.2, -0.15) is 0 Å². The third kappa shape index (κ3) is 4.29. The lowest BCUT2D eigenvalue weighted by molar-refractivity contribution is -0.119. The molecular weight excluding hydrogens is 382 g/mol. The number of carbonyl (C=O) groups is 1. The van der Waals surface area contributed by atoms with E-state index in [4.69, 9.17) is 9.72 Å². The highest BCUT2D eigenvalue weighted by atomic mass is 16.5. The summed E-state index contributed by atoms with van der Waals surface area (Å²) in [6.07, 6.45) is 6.36. The normalized spacial score (nSPS) is 20.1. The largest absolute Gasteiger partial charge is 0.384 e. The first-order valence-corrected chi connectivity index (χ1v) is 10.5. The predicted octanol–water partition coefficient (Wildman–Crippen LogP) is 2.73. The van der Waals surface area contributed by atoms with Crippen LogP contribution in [0.1, 0.15) is 45.7 Å². The minimum Gasteiger partial charge on any atom is -0.384 e. The molecule has 0 saturated carbocycles. The molecule has 2 aromatic rings. The number of fused-ring (bicyclic) bond motifs is 1. The van der Waals surface area contributed by atoms with Crippen molar-refractivity contribution in [2.45, 2.75) is 51.7 Å². The van der Waals surface area contributed by atoms with Crippen molar-refractivity contribution in [2.24, 2.45) is 5.92 Å². The number of hydrogen-bond donors (Lipinski definition) is 2. The van der Waals surface area contributed by atoms with Crippen LogP contribution in [0, 0.1) is 5.92 Å². The Morgan fingerprint density at radius 1 is 1.23 bits per heavy atom. The molecule has 0 bridgehead atoms. The van der Waals surface area contributed by atoms with E-state index < -0.39 is 5.60 Å². The number of rotatable bonds is 5. The van der Waals surface area contributed by atoms with Crippen molar-refractivity contribution in [3.63, 3.8) is 0 Å². The summed E-state index contributed by atoms with van der Waals surface area (Å²) in [4.78, 5) is 28.3. The quantitative estimate of drug-likeness (QED) is 0.780. The van der Waals surface area contributed by atoms with Crippen molar-refractivity contribution < 1.29 is 14.6 Å². The third-order valence-corrected chi connectivity index (χ3v) is 5.79. The van der Waals surface area contributed by atoms with Crippen molar-refractivity contribution in [3.8, 4) is 11.3 Å². The van der Waals surface area contributed by atoms with Gasteiger partial charge in [-0.25, -0.2) is 9.97 Å². The maximum absolute atomic E-state index is 12.9. The second-order valence-electron chi connectivity index (χ2n) is 8.62.